The summed E-state index contributed by atoms with van der Waals surface area (Å²) >= 11 is 0. The van der Waals surface area contributed by atoms with Gasteiger partial charge in [-0.15, -0.1) is 0 Å². The molecule has 0 heterocycles. The van der Waals surface area contributed by atoms with Gasteiger partial charge >= 0.3 is 0 Å². The normalized spacial score (nSPS) is 11.9. The van der Waals surface area contributed by atoms with E-state index in [1.54, 1.807) is 0 Å². The zero-order chi connectivity index (χ0) is 14.0. The van der Waals surface area contributed by atoms with Crippen molar-refractivity contribution in [1.29, 1.82) is 0 Å². The van der Waals surface area contributed by atoms with Gasteiger partial charge in [0, 0.05) is 0 Å². The largest absolute Gasteiger partial charge is 0.0622 e. The van der Waals surface area contributed by atoms with Crippen molar-refractivity contribution in [1.82, 2.24) is 0 Å². The zero-order valence-electron chi connectivity index (χ0n) is 12.7. The molecule has 0 N–H and O–H groups in total. The van der Waals surface area contributed by atoms with Crippen molar-refractivity contribution in [3.63, 3.8) is 0 Å². The van der Waals surface area contributed by atoms with Crippen molar-refractivity contribution < 1.29 is 0 Å². The lowest BCUT2D eigenvalue weighted by Gasteiger charge is -2.22. The summed E-state index contributed by atoms with van der Waals surface area (Å²) in [6.07, 6.45) is 0. The smallest absolute Gasteiger partial charge is 0.0132 e. The van der Waals surface area contributed by atoms with Crippen LogP contribution in [0.4, 0.5) is 0 Å². The first-order valence-electron chi connectivity index (χ1n) is 7.09. The van der Waals surface area contributed by atoms with Crippen LogP contribution in [0.2, 0.25) is 0 Å². The van der Waals surface area contributed by atoms with Gasteiger partial charge in [0.25, 0.3) is 0 Å². The van der Waals surface area contributed by atoms with Crippen LogP contribution < -0.4 is 0 Å². The van der Waals surface area contributed by atoms with E-state index in [9.17, 15) is 0 Å². The summed E-state index contributed by atoms with van der Waals surface area (Å²) in [6.45, 7) is 11.3. The molecule has 0 unspecified atom stereocenters. The van der Waals surface area contributed by atoms with Gasteiger partial charge in [-0.2, -0.15) is 0 Å². The van der Waals surface area contributed by atoms with Crippen LogP contribution in [0, 0.1) is 0 Å². The first-order valence-corrected chi connectivity index (χ1v) is 7.09. The van der Waals surface area contributed by atoms with E-state index < -0.39 is 0 Å². The second-order valence-electron chi connectivity index (χ2n) is 6.57. The fraction of sp³-hybridized carbons (Fsp3) is 0.368. The summed E-state index contributed by atoms with van der Waals surface area (Å²) in [5.41, 5.74) is 5.72. The molecule has 100 valence electrons. The van der Waals surface area contributed by atoms with Gasteiger partial charge in [-0.25, -0.2) is 0 Å². The first kappa shape index (κ1) is 13.9. The summed E-state index contributed by atoms with van der Waals surface area (Å²) in [7, 11) is 0. The number of hydrogen-bond donors (Lipinski definition) is 0. The predicted molar refractivity (Wildman–Crippen MR) is 84.7 cm³/mol. The van der Waals surface area contributed by atoms with Gasteiger partial charge in [-0.3, -0.25) is 0 Å². The van der Waals surface area contributed by atoms with Gasteiger partial charge in [-0.1, -0.05) is 83.1 Å². The predicted octanol–water partition coefficient (Wildman–Crippen LogP) is 5.77. The lowest BCUT2D eigenvalue weighted by molar-refractivity contribution is 0.590. The maximum absolute atomic E-state index is 2.37. The van der Waals surface area contributed by atoms with Gasteiger partial charge < -0.3 is 0 Å². The van der Waals surface area contributed by atoms with Crippen molar-refractivity contribution in [2.75, 3.05) is 0 Å². The van der Waals surface area contributed by atoms with Crippen molar-refractivity contribution in [2.45, 2.75) is 46.0 Å². The molecule has 0 saturated carbocycles. The van der Waals surface area contributed by atoms with Crippen molar-refractivity contribution in [3.05, 3.63) is 59.7 Å². The molecular weight excluding hydrogens is 228 g/mol. The Bertz CT molecular complexity index is 542. The molecule has 0 aromatic heterocycles. The van der Waals surface area contributed by atoms with E-state index >= 15 is 0 Å². The third kappa shape index (κ3) is 3.07. The molecule has 0 aliphatic carbocycles. The average Bonchev–Trinajstić information content (AvgIpc) is 2.38. The number of hydrogen-bond acceptors (Lipinski definition) is 0. The van der Waals surface area contributed by atoms with Crippen LogP contribution in [0.15, 0.2) is 48.5 Å². The highest BCUT2D eigenvalue weighted by atomic mass is 14.2. The Balaban J connectivity index is 2.61. The van der Waals surface area contributed by atoms with Crippen LogP contribution in [0.25, 0.3) is 11.1 Å². The molecule has 0 nitrogen and oxygen atoms in total. The molecule has 0 bridgehead atoms. The second kappa shape index (κ2) is 5.21. The minimum absolute atomic E-state index is 0.193. The quantitative estimate of drug-likeness (QED) is 0.636. The fourth-order valence-corrected chi connectivity index (χ4v) is 2.39. The van der Waals surface area contributed by atoms with E-state index in [0.29, 0.717) is 5.92 Å². The van der Waals surface area contributed by atoms with Crippen LogP contribution >= 0.6 is 0 Å². The first-order chi connectivity index (χ1) is 8.89. The molecule has 0 aliphatic rings. The second-order valence-corrected chi connectivity index (χ2v) is 6.57. The van der Waals surface area contributed by atoms with Crippen LogP contribution in [-0.2, 0) is 5.41 Å². The fourth-order valence-electron chi connectivity index (χ4n) is 2.39. The summed E-state index contributed by atoms with van der Waals surface area (Å²) < 4.78 is 0. The van der Waals surface area contributed by atoms with Crippen LogP contribution in [0.1, 0.15) is 51.7 Å². The highest BCUT2D eigenvalue weighted by Gasteiger charge is 2.17. The van der Waals surface area contributed by atoms with Crippen LogP contribution in [-0.4, -0.2) is 0 Å². The lowest BCUT2D eigenvalue weighted by atomic mass is 9.82. The van der Waals surface area contributed by atoms with Gasteiger partial charge in [0.05, 0.1) is 0 Å². The van der Waals surface area contributed by atoms with E-state index in [1.165, 1.54) is 22.3 Å². The molecule has 0 heteroatoms. The molecular formula is C19H24. The Kier molecular flexibility index (Phi) is 3.80. The molecule has 0 spiro atoms. The maximum Gasteiger partial charge on any atom is -0.0132 e. The van der Waals surface area contributed by atoms with Crippen molar-refractivity contribution in [2.24, 2.45) is 0 Å². The third-order valence-electron chi connectivity index (χ3n) is 3.63. The number of benzene rings is 2. The average molecular weight is 252 g/mol. The molecule has 2 aromatic rings. The lowest BCUT2D eigenvalue weighted by Crippen LogP contribution is -2.11. The van der Waals surface area contributed by atoms with Gasteiger partial charge in [0.2, 0.25) is 0 Å². The summed E-state index contributed by atoms with van der Waals surface area (Å²) in [5, 5.41) is 0. The van der Waals surface area contributed by atoms with Gasteiger partial charge in [0.15, 0.2) is 0 Å². The van der Waals surface area contributed by atoms with E-state index in [-0.39, 0.29) is 5.41 Å². The number of rotatable bonds is 2. The van der Waals surface area contributed by atoms with Crippen molar-refractivity contribution >= 4 is 0 Å². The summed E-state index contributed by atoms with van der Waals surface area (Å²) in [4.78, 5) is 0. The highest BCUT2D eigenvalue weighted by molar-refractivity contribution is 5.69. The topological polar surface area (TPSA) is 0 Å². The minimum Gasteiger partial charge on any atom is -0.0622 e. The Morgan fingerprint density at radius 2 is 1.47 bits per heavy atom. The molecule has 0 saturated heterocycles. The third-order valence-corrected chi connectivity index (χ3v) is 3.63. The molecule has 0 aliphatic heterocycles. The molecule has 0 atom stereocenters. The summed E-state index contributed by atoms with van der Waals surface area (Å²) in [6, 6.07) is 17.7. The van der Waals surface area contributed by atoms with E-state index in [2.05, 4.69) is 83.1 Å². The van der Waals surface area contributed by atoms with Gasteiger partial charge in [-0.05, 0) is 33.6 Å². The zero-order valence-corrected chi connectivity index (χ0v) is 12.7. The molecule has 0 amide bonds. The molecule has 2 aromatic carbocycles. The van der Waals surface area contributed by atoms with Crippen LogP contribution in [0.3, 0.4) is 0 Å². The SMILES string of the molecule is CC(C)c1ccc(C(C)(C)C)cc1-c1ccccc1. The van der Waals surface area contributed by atoms with Crippen molar-refractivity contribution in [3.8, 4) is 11.1 Å². The standard InChI is InChI=1S/C19H24/c1-14(2)17-12-11-16(19(3,4)5)13-18(17)15-9-7-6-8-10-15/h6-14H,1-5H3. The van der Waals surface area contributed by atoms with E-state index in [0.717, 1.165) is 0 Å². The van der Waals surface area contributed by atoms with E-state index in [1.807, 2.05) is 0 Å². The monoisotopic (exact) mass is 252 g/mol. The minimum atomic E-state index is 0.193. The van der Waals surface area contributed by atoms with Crippen LogP contribution in [0.5, 0.6) is 0 Å². The van der Waals surface area contributed by atoms with Gasteiger partial charge in [0.1, 0.15) is 0 Å². The molecule has 2 rings (SSSR count). The molecule has 0 radical (unpaired) electrons. The summed E-state index contributed by atoms with van der Waals surface area (Å²) in [5.74, 6) is 0.546. The Labute approximate surface area is 117 Å². The Hall–Kier alpha value is -1.56. The van der Waals surface area contributed by atoms with E-state index in [4.69, 9.17) is 0 Å². The maximum atomic E-state index is 2.37. The Morgan fingerprint density at radius 1 is 0.842 bits per heavy atom. The Morgan fingerprint density at radius 3 is 2.00 bits per heavy atom. The molecule has 0 fully saturated rings. The molecule has 19 heavy (non-hydrogen) atoms. The highest BCUT2D eigenvalue weighted by Crippen LogP contribution is 2.33.